The van der Waals surface area contributed by atoms with Crippen LogP contribution >= 0.6 is 0 Å². The molecule has 10 amide bonds. The first-order chi connectivity index (χ1) is 32.4. The van der Waals surface area contributed by atoms with Crippen molar-refractivity contribution in [2.45, 2.75) is 101 Å². The van der Waals surface area contributed by atoms with Crippen LogP contribution in [0.25, 0.3) is 10.9 Å². The van der Waals surface area contributed by atoms with Gasteiger partial charge in [0.1, 0.15) is 36.3 Å². The van der Waals surface area contributed by atoms with Gasteiger partial charge in [-0.1, -0.05) is 48.5 Å². The van der Waals surface area contributed by atoms with Gasteiger partial charge in [-0.2, -0.15) is 0 Å². The number of aromatic amines is 1. The summed E-state index contributed by atoms with van der Waals surface area (Å²) in [7, 11) is 0. The lowest BCUT2D eigenvalue weighted by Gasteiger charge is -2.26. The van der Waals surface area contributed by atoms with Crippen molar-refractivity contribution in [3.8, 4) is 0 Å². The zero-order chi connectivity index (χ0) is 49.8. The molecule has 366 valence electrons. The lowest BCUT2D eigenvalue weighted by molar-refractivity contribution is -0.135. The third-order valence-electron chi connectivity index (χ3n) is 10.7. The van der Waals surface area contributed by atoms with Gasteiger partial charge in [0, 0.05) is 56.4 Å². The summed E-state index contributed by atoms with van der Waals surface area (Å²) in [5.74, 6) is -8.57. The summed E-state index contributed by atoms with van der Waals surface area (Å²) in [5, 5.41) is 21.1. The van der Waals surface area contributed by atoms with Crippen molar-refractivity contribution < 1.29 is 47.9 Å². The van der Waals surface area contributed by atoms with Gasteiger partial charge in [-0.3, -0.25) is 52.9 Å². The third-order valence-corrected chi connectivity index (χ3v) is 10.7. The fraction of sp³-hybridized carbons (Fsp3) is 0.432. The van der Waals surface area contributed by atoms with E-state index in [-0.39, 0.29) is 70.4 Å². The Kier molecular flexibility index (Phi) is 20.2. The number of hydrogen-bond acceptors (Lipinski definition) is 11. The molecule has 0 radical (unpaired) electrons. The minimum Gasteiger partial charge on any atom is -0.370 e. The molecule has 6 atom stereocenters. The number of nitrogens with zero attached hydrogens (tertiary/aromatic N) is 1. The molecule has 17 N–H and O–H groups in total. The third kappa shape index (κ3) is 17.4. The molecule has 0 spiro atoms. The van der Waals surface area contributed by atoms with Gasteiger partial charge in [-0.25, -0.2) is 0 Å². The lowest BCUT2D eigenvalue weighted by atomic mass is 10.0. The lowest BCUT2D eigenvalue weighted by Crippen LogP contribution is -2.59. The number of hydrogen-bond donors (Lipinski definition) is 13. The summed E-state index contributed by atoms with van der Waals surface area (Å²) in [6, 6.07) is 7.32. The van der Waals surface area contributed by atoms with Crippen LogP contribution < -0.4 is 65.5 Å². The molecular formula is C44H60N14O10. The predicted octanol–water partition coefficient (Wildman–Crippen LogP) is -3.90. The highest BCUT2D eigenvalue weighted by Gasteiger charge is 2.33. The second-order valence-corrected chi connectivity index (χ2v) is 16.1. The Bertz CT molecular complexity index is 2330. The SMILES string of the molecule is CC(=O)NC(CCCN=C(N)N)C(=O)NC1CCCNC(=O)CCC(C(N)=O)NC(=O)[C@H](Cc2c[nH]c3ccccc23)NC(=O)CNC(=O)C(Cc2ccccc2)NC(=O)[C@H](CC(N)=O)NC1=O. The standard InChI is InChI=1S/C44H60N14O10/c1-24(59)53-30(13-8-18-50-44(47)48)40(65)56-31-14-7-17-49-36(61)16-15-29(38(46)63)55-42(67)33(20-26-22-51-28-12-6-5-11-27(26)28)54-37(62)23-52-39(64)32(19-25-9-3-2-4-10-25)57-43(68)34(21-35(45)60)58-41(31)66/h2-6,9-12,22,29-34,51H,7-8,13-21,23H2,1H3,(H2,45,60)(H2,46,63)(H,49,61)(H,52,64)(H,53,59)(H,54,62)(H,55,67)(H,56,65)(H,57,68)(H,58,66)(H4,47,48,50)/t29?,30?,31?,32?,33-,34-/m0/s1. The first-order valence-corrected chi connectivity index (χ1v) is 21.9. The molecule has 0 bridgehead atoms. The van der Waals surface area contributed by atoms with Gasteiger partial charge in [-0.05, 0) is 49.3 Å². The average Bonchev–Trinajstić information content (AvgIpc) is 3.70. The van der Waals surface area contributed by atoms with E-state index >= 15 is 0 Å². The van der Waals surface area contributed by atoms with Crippen molar-refractivity contribution in [1.29, 1.82) is 0 Å². The molecule has 68 heavy (non-hydrogen) atoms. The molecule has 1 saturated heterocycles. The molecule has 2 aromatic carbocycles. The number of H-pyrrole nitrogens is 1. The molecule has 1 aromatic heterocycles. The smallest absolute Gasteiger partial charge is 0.243 e. The topological polar surface area (TPSA) is 399 Å². The Balaban J connectivity index is 1.66. The molecular weight excluding hydrogens is 885 g/mol. The van der Waals surface area contributed by atoms with Gasteiger partial charge < -0.3 is 70.5 Å². The fourth-order valence-corrected chi connectivity index (χ4v) is 7.29. The minimum atomic E-state index is -1.69. The second kappa shape index (κ2) is 26.2. The number of carbonyl (C=O) groups is 10. The molecule has 24 heteroatoms. The monoisotopic (exact) mass is 944 g/mol. The van der Waals surface area contributed by atoms with E-state index in [1.807, 2.05) is 18.2 Å². The second-order valence-electron chi connectivity index (χ2n) is 16.1. The highest BCUT2D eigenvalue weighted by molar-refractivity contribution is 5.98. The van der Waals surface area contributed by atoms with Gasteiger partial charge in [0.2, 0.25) is 59.1 Å². The Hall–Kier alpha value is -8.05. The molecule has 1 fully saturated rings. The molecule has 4 unspecified atom stereocenters. The van der Waals surface area contributed by atoms with E-state index in [9.17, 15) is 47.9 Å². The first-order valence-electron chi connectivity index (χ1n) is 21.9. The maximum Gasteiger partial charge on any atom is 0.243 e. The molecule has 1 aliphatic rings. The number of nitrogens with two attached hydrogens (primary N) is 4. The first kappa shape index (κ1) is 52.6. The van der Waals surface area contributed by atoms with Crippen molar-refractivity contribution in [3.05, 3.63) is 71.9 Å². The number of carbonyl (C=O) groups excluding carboxylic acids is 10. The van der Waals surface area contributed by atoms with E-state index in [4.69, 9.17) is 22.9 Å². The number of aliphatic imine (C=N–C) groups is 1. The number of rotatable bonds is 14. The molecule has 3 aromatic rings. The Labute approximate surface area is 391 Å². The van der Waals surface area contributed by atoms with Gasteiger partial charge in [-0.15, -0.1) is 0 Å². The Morgan fingerprint density at radius 2 is 1.43 bits per heavy atom. The van der Waals surface area contributed by atoms with Crippen molar-refractivity contribution in [2.75, 3.05) is 19.6 Å². The van der Waals surface area contributed by atoms with E-state index in [2.05, 4.69) is 52.5 Å². The summed E-state index contributed by atoms with van der Waals surface area (Å²) in [4.78, 5) is 140. The Morgan fingerprint density at radius 1 is 0.750 bits per heavy atom. The number of primary amides is 2. The zero-order valence-electron chi connectivity index (χ0n) is 37.6. The molecule has 0 aliphatic carbocycles. The van der Waals surface area contributed by atoms with E-state index in [1.165, 1.54) is 6.92 Å². The van der Waals surface area contributed by atoms with Crippen LogP contribution in [0.4, 0.5) is 0 Å². The normalized spacial score (nSPS) is 21.0. The molecule has 1 aliphatic heterocycles. The Morgan fingerprint density at radius 3 is 2.12 bits per heavy atom. The summed E-state index contributed by atoms with van der Waals surface area (Å²) in [5.41, 5.74) is 23.9. The highest BCUT2D eigenvalue weighted by Crippen LogP contribution is 2.19. The summed E-state index contributed by atoms with van der Waals surface area (Å²) in [6.07, 6.45) is 0.334. The number of aromatic nitrogens is 1. The van der Waals surface area contributed by atoms with Gasteiger partial charge in [0.15, 0.2) is 5.96 Å². The molecule has 24 nitrogen and oxygen atoms in total. The van der Waals surface area contributed by atoms with Crippen molar-refractivity contribution in [1.82, 2.24) is 47.5 Å². The van der Waals surface area contributed by atoms with E-state index < -0.39 is 108 Å². The van der Waals surface area contributed by atoms with Crippen molar-refractivity contribution in [3.63, 3.8) is 0 Å². The molecule has 2 heterocycles. The predicted molar refractivity (Wildman–Crippen MR) is 247 cm³/mol. The highest BCUT2D eigenvalue weighted by atomic mass is 16.2. The number of fused-ring (bicyclic) bond motifs is 1. The van der Waals surface area contributed by atoms with Gasteiger partial charge >= 0.3 is 0 Å². The molecule has 0 saturated carbocycles. The van der Waals surface area contributed by atoms with E-state index in [0.29, 0.717) is 11.1 Å². The van der Waals surface area contributed by atoms with Crippen LogP contribution in [-0.2, 0) is 60.8 Å². The largest absolute Gasteiger partial charge is 0.370 e. The van der Waals surface area contributed by atoms with Crippen molar-refractivity contribution in [2.24, 2.45) is 27.9 Å². The van der Waals surface area contributed by atoms with E-state index in [1.54, 1.807) is 42.6 Å². The minimum absolute atomic E-state index is 0.0383. The average molecular weight is 945 g/mol. The quantitative estimate of drug-likeness (QED) is 0.0419. The van der Waals surface area contributed by atoms with Crippen LogP contribution in [0.15, 0.2) is 65.8 Å². The number of guanidine groups is 1. The van der Waals surface area contributed by atoms with Crippen molar-refractivity contribution >= 4 is 75.9 Å². The molecule has 4 rings (SSSR count). The van der Waals surface area contributed by atoms with Crippen LogP contribution in [0, 0.1) is 0 Å². The maximum absolute atomic E-state index is 14.0. The number of amides is 10. The van der Waals surface area contributed by atoms with E-state index in [0.717, 1.165) is 10.9 Å². The van der Waals surface area contributed by atoms with Gasteiger partial charge in [0.05, 0.1) is 13.0 Å². The fourth-order valence-electron chi connectivity index (χ4n) is 7.29. The number of para-hydroxylation sites is 1. The van der Waals surface area contributed by atoms with Crippen LogP contribution in [-0.4, -0.2) is 126 Å². The maximum atomic E-state index is 14.0. The summed E-state index contributed by atoms with van der Waals surface area (Å²) in [6.45, 7) is 0.537. The summed E-state index contributed by atoms with van der Waals surface area (Å²) >= 11 is 0. The van der Waals surface area contributed by atoms with Crippen LogP contribution in [0.5, 0.6) is 0 Å². The van der Waals surface area contributed by atoms with Crippen LogP contribution in [0.2, 0.25) is 0 Å². The van der Waals surface area contributed by atoms with Crippen LogP contribution in [0.3, 0.4) is 0 Å². The zero-order valence-corrected chi connectivity index (χ0v) is 37.6. The van der Waals surface area contributed by atoms with Gasteiger partial charge in [0.25, 0.3) is 0 Å². The number of nitrogens with one attached hydrogen (secondary N) is 9. The van der Waals surface area contributed by atoms with Crippen LogP contribution in [0.1, 0.15) is 63.0 Å². The number of benzene rings is 2. The summed E-state index contributed by atoms with van der Waals surface area (Å²) < 4.78 is 0.